The Labute approximate surface area is 124 Å². The highest BCUT2D eigenvalue weighted by atomic mass is 16.5. The Morgan fingerprint density at radius 3 is 2.38 bits per heavy atom. The quantitative estimate of drug-likeness (QED) is 0.610. The van der Waals surface area contributed by atoms with Gasteiger partial charge < -0.3 is 4.74 Å². The van der Waals surface area contributed by atoms with Crippen LogP contribution in [-0.2, 0) is 6.61 Å². The van der Waals surface area contributed by atoms with E-state index in [9.17, 15) is 0 Å². The van der Waals surface area contributed by atoms with Crippen molar-refractivity contribution in [2.45, 2.75) is 13.5 Å². The summed E-state index contributed by atoms with van der Waals surface area (Å²) in [5.74, 6) is 0.761. The third-order valence-corrected chi connectivity index (χ3v) is 3.11. The highest BCUT2D eigenvalue weighted by Crippen LogP contribution is 2.22. The first-order valence-corrected chi connectivity index (χ1v) is 6.50. The third-order valence-electron chi connectivity index (χ3n) is 3.11. The van der Waals surface area contributed by atoms with Gasteiger partial charge in [0.2, 0.25) is 0 Å². The predicted molar refractivity (Wildman–Crippen MR) is 82.0 cm³/mol. The monoisotopic (exact) mass is 274 g/mol. The number of hydrogen-bond donors (Lipinski definition) is 0. The van der Waals surface area contributed by atoms with E-state index < -0.39 is 0 Å². The number of nitriles is 1. The van der Waals surface area contributed by atoms with E-state index in [0.29, 0.717) is 12.2 Å². The van der Waals surface area contributed by atoms with Crippen LogP contribution in [0.15, 0.2) is 60.3 Å². The van der Waals surface area contributed by atoms with E-state index in [4.69, 9.17) is 16.6 Å². The lowest BCUT2D eigenvalue weighted by molar-refractivity contribution is 0.306. The van der Waals surface area contributed by atoms with E-state index in [-0.39, 0.29) is 5.70 Å². The number of benzene rings is 2. The topological polar surface area (TPSA) is 37.4 Å². The van der Waals surface area contributed by atoms with Crippen molar-refractivity contribution < 1.29 is 4.74 Å². The SMILES string of the molecule is [C-]#[N+]C(C#N)=C(C)c1ccc(OCc2ccccc2)cc1. The normalized spacial score (nSPS) is 11.0. The summed E-state index contributed by atoms with van der Waals surface area (Å²) in [6.45, 7) is 9.25. The molecule has 102 valence electrons. The van der Waals surface area contributed by atoms with E-state index in [0.717, 1.165) is 16.9 Å². The van der Waals surface area contributed by atoms with Crippen molar-refractivity contribution >= 4 is 5.57 Å². The van der Waals surface area contributed by atoms with E-state index in [2.05, 4.69) is 4.85 Å². The minimum atomic E-state index is 0.118. The maximum absolute atomic E-state index is 8.88. The molecular weight excluding hydrogens is 260 g/mol. The minimum absolute atomic E-state index is 0.118. The molecule has 0 atom stereocenters. The highest BCUT2D eigenvalue weighted by molar-refractivity contribution is 5.71. The zero-order valence-electron chi connectivity index (χ0n) is 11.7. The Balaban J connectivity index is 2.08. The lowest BCUT2D eigenvalue weighted by atomic mass is 10.1. The number of rotatable bonds is 4. The van der Waals surface area contributed by atoms with Crippen molar-refractivity contribution in [2.24, 2.45) is 0 Å². The number of nitrogens with zero attached hydrogens (tertiary/aromatic N) is 2. The summed E-state index contributed by atoms with van der Waals surface area (Å²) in [5, 5.41) is 8.88. The van der Waals surface area contributed by atoms with E-state index in [1.165, 1.54) is 0 Å². The van der Waals surface area contributed by atoms with Gasteiger partial charge in [0.05, 0.1) is 12.6 Å². The maximum Gasteiger partial charge on any atom is 0.265 e. The van der Waals surface area contributed by atoms with Crippen molar-refractivity contribution in [3.63, 3.8) is 0 Å². The molecule has 0 aliphatic rings. The molecule has 0 aromatic heterocycles. The molecule has 3 nitrogen and oxygen atoms in total. The molecule has 0 fully saturated rings. The Morgan fingerprint density at radius 2 is 1.81 bits per heavy atom. The van der Waals surface area contributed by atoms with Gasteiger partial charge in [-0.2, -0.15) is 0 Å². The largest absolute Gasteiger partial charge is 0.489 e. The Bertz CT molecular complexity index is 701. The molecule has 0 saturated heterocycles. The zero-order chi connectivity index (χ0) is 15.1. The standard InChI is InChI=1S/C18H14N2O/c1-14(18(12-19)20-2)16-8-10-17(11-9-16)21-13-15-6-4-3-5-7-15/h3-11H,13H2,1H3. The van der Waals surface area contributed by atoms with Gasteiger partial charge in [-0.25, -0.2) is 10.1 Å². The van der Waals surface area contributed by atoms with Gasteiger partial charge in [-0.3, -0.25) is 0 Å². The molecule has 0 radical (unpaired) electrons. The van der Waals surface area contributed by atoms with Gasteiger partial charge >= 0.3 is 0 Å². The molecule has 2 aromatic carbocycles. The van der Waals surface area contributed by atoms with Gasteiger partial charge in [-0.15, -0.1) is 0 Å². The predicted octanol–water partition coefficient (Wildman–Crippen LogP) is 4.44. The van der Waals surface area contributed by atoms with Gasteiger partial charge in [0.25, 0.3) is 5.70 Å². The molecule has 3 heteroatoms. The summed E-state index contributed by atoms with van der Waals surface area (Å²) < 4.78 is 5.70. The Morgan fingerprint density at radius 1 is 1.14 bits per heavy atom. The van der Waals surface area contributed by atoms with Gasteiger partial charge in [0.1, 0.15) is 12.4 Å². The summed E-state index contributed by atoms with van der Waals surface area (Å²) in [6, 6.07) is 19.3. The van der Waals surface area contributed by atoms with E-state index >= 15 is 0 Å². The first-order chi connectivity index (χ1) is 10.2. The molecule has 0 spiro atoms. The van der Waals surface area contributed by atoms with Crippen LogP contribution >= 0.6 is 0 Å². The molecule has 0 bridgehead atoms. The molecular formula is C18H14N2O. The number of ether oxygens (including phenoxy) is 1. The average Bonchev–Trinajstić information content (AvgIpc) is 2.55. The molecule has 0 amide bonds. The van der Waals surface area contributed by atoms with Crippen molar-refractivity contribution in [3.05, 3.63) is 82.8 Å². The molecule has 0 saturated carbocycles. The number of allylic oxidation sites excluding steroid dienone is 2. The van der Waals surface area contributed by atoms with Gasteiger partial charge in [0.15, 0.2) is 0 Å². The fourth-order valence-electron chi connectivity index (χ4n) is 1.87. The summed E-state index contributed by atoms with van der Waals surface area (Å²) in [5.41, 5.74) is 2.77. The molecule has 0 aliphatic heterocycles. The van der Waals surface area contributed by atoms with Crippen molar-refractivity contribution in [3.8, 4) is 11.8 Å². The van der Waals surface area contributed by atoms with E-state index in [1.54, 1.807) is 6.92 Å². The van der Waals surface area contributed by atoms with Crippen LogP contribution in [0.25, 0.3) is 10.4 Å². The third kappa shape index (κ3) is 3.72. The highest BCUT2D eigenvalue weighted by Gasteiger charge is 2.04. The lowest BCUT2D eigenvalue weighted by Gasteiger charge is -2.08. The van der Waals surface area contributed by atoms with Crippen LogP contribution in [0.5, 0.6) is 5.75 Å². The molecule has 0 N–H and O–H groups in total. The van der Waals surface area contributed by atoms with Crippen LogP contribution < -0.4 is 4.74 Å². The molecule has 0 unspecified atom stereocenters. The van der Waals surface area contributed by atoms with Gasteiger partial charge in [-0.1, -0.05) is 42.5 Å². The minimum Gasteiger partial charge on any atom is -0.489 e. The van der Waals surface area contributed by atoms with Crippen LogP contribution in [-0.4, -0.2) is 0 Å². The summed E-state index contributed by atoms with van der Waals surface area (Å²) >= 11 is 0. The molecule has 2 rings (SSSR count). The average molecular weight is 274 g/mol. The summed E-state index contributed by atoms with van der Waals surface area (Å²) in [4.78, 5) is 3.22. The van der Waals surface area contributed by atoms with Crippen molar-refractivity contribution in [1.82, 2.24) is 0 Å². The smallest absolute Gasteiger partial charge is 0.265 e. The Hall–Kier alpha value is -3.04. The first kappa shape index (κ1) is 14.4. The number of hydrogen-bond acceptors (Lipinski definition) is 2. The van der Waals surface area contributed by atoms with Crippen LogP contribution in [0, 0.1) is 17.9 Å². The lowest BCUT2D eigenvalue weighted by Crippen LogP contribution is -1.95. The Kier molecular flexibility index (Phi) is 4.75. The van der Waals surface area contributed by atoms with Crippen molar-refractivity contribution in [1.29, 1.82) is 5.26 Å². The van der Waals surface area contributed by atoms with E-state index in [1.807, 2.05) is 60.7 Å². The fraction of sp³-hybridized carbons (Fsp3) is 0.111. The van der Waals surface area contributed by atoms with Crippen LogP contribution in [0.1, 0.15) is 18.1 Å². The molecule has 0 aliphatic carbocycles. The molecule has 21 heavy (non-hydrogen) atoms. The maximum atomic E-state index is 8.88. The molecule has 2 aromatic rings. The van der Waals surface area contributed by atoms with Crippen LogP contribution in [0.2, 0.25) is 0 Å². The first-order valence-electron chi connectivity index (χ1n) is 6.50. The second-order valence-electron chi connectivity index (χ2n) is 4.50. The molecule has 0 heterocycles. The summed E-state index contributed by atoms with van der Waals surface area (Å²) in [7, 11) is 0. The summed E-state index contributed by atoms with van der Waals surface area (Å²) in [6.07, 6.45) is 0. The van der Waals surface area contributed by atoms with Crippen LogP contribution in [0.4, 0.5) is 0 Å². The zero-order valence-corrected chi connectivity index (χ0v) is 11.7. The second-order valence-corrected chi connectivity index (χ2v) is 4.50. The van der Waals surface area contributed by atoms with Gasteiger partial charge in [0, 0.05) is 0 Å². The fourth-order valence-corrected chi connectivity index (χ4v) is 1.87. The second kappa shape index (κ2) is 6.93. The van der Waals surface area contributed by atoms with Crippen LogP contribution in [0.3, 0.4) is 0 Å². The van der Waals surface area contributed by atoms with Gasteiger partial charge in [-0.05, 0) is 35.8 Å². The van der Waals surface area contributed by atoms with Crippen molar-refractivity contribution in [2.75, 3.05) is 0 Å².